The van der Waals surface area contributed by atoms with Crippen LogP contribution >= 0.6 is 11.6 Å². The number of hydrogen-bond acceptors (Lipinski definition) is 2. The highest BCUT2D eigenvalue weighted by Gasteiger charge is 2.00. The van der Waals surface area contributed by atoms with E-state index in [0.717, 1.165) is 0 Å². The molecule has 0 aliphatic rings. The highest BCUT2D eigenvalue weighted by molar-refractivity contribution is 6.30. The minimum absolute atomic E-state index is 0.0737. The lowest BCUT2D eigenvalue weighted by Gasteiger charge is -2.03. The Morgan fingerprint density at radius 2 is 2.29 bits per heavy atom. The first-order chi connectivity index (χ1) is 6.59. The summed E-state index contributed by atoms with van der Waals surface area (Å²) in [6.45, 7) is 0.460. The van der Waals surface area contributed by atoms with Crippen molar-refractivity contribution in [2.75, 3.05) is 6.54 Å². The van der Waals surface area contributed by atoms with Crippen molar-refractivity contribution in [2.24, 2.45) is 5.73 Å². The summed E-state index contributed by atoms with van der Waals surface area (Å²) in [5.74, 6) is -0.913. The smallest absolute Gasteiger partial charge is 0.231 e. The van der Waals surface area contributed by atoms with E-state index in [9.17, 15) is 9.18 Å². The monoisotopic (exact) mass is 216 g/mol. The van der Waals surface area contributed by atoms with Gasteiger partial charge in [-0.1, -0.05) is 17.7 Å². The van der Waals surface area contributed by atoms with Crippen LogP contribution in [0.25, 0.3) is 0 Å². The topological polar surface area (TPSA) is 55.1 Å². The van der Waals surface area contributed by atoms with E-state index in [-0.39, 0.29) is 11.6 Å². The molecule has 0 fully saturated rings. The van der Waals surface area contributed by atoms with Crippen LogP contribution in [0, 0.1) is 5.82 Å². The average molecular weight is 217 g/mol. The summed E-state index contributed by atoms with van der Waals surface area (Å²) in [6.07, 6.45) is 0. The molecule has 3 N–H and O–H groups in total. The van der Waals surface area contributed by atoms with E-state index in [2.05, 4.69) is 5.32 Å². The summed E-state index contributed by atoms with van der Waals surface area (Å²) in [5.41, 5.74) is 5.63. The van der Waals surface area contributed by atoms with Gasteiger partial charge in [-0.3, -0.25) is 4.79 Å². The van der Waals surface area contributed by atoms with E-state index in [1.807, 2.05) is 0 Å². The Morgan fingerprint density at radius 3 is 2.86 bits per heavy atom. The summed E-state index contributed by atoms with van der Waals surface area (Å²) < 4.78 is 12.9. The maximum atomic E-state index is 12.9. The average Bonchev–Trinajstić information content (AvgIpc) is 2.10. The number of nitrogens with two attached hydrogens (primary N) is 1. The number of hydrogen-bond donors (Lipinski definition) is 2. The molecular weight excluding hydrogens is 207 g/mol. The van der Waals surface area contributed by atoms with Crippen molar-refractivity contribution in [3.63, 3.8) is 0 Å². The molecule has 0 aliphatic heterocycles. The van der Waals surface area contributed by atoms with Crippen LogP contribution in [0.2, 0.25) is 5.02 Å². The molecule has 0 aromatic heterocycles. The summed E-state index contributed by atoms with van der Waals surface area (Å²) >= 11 is 5.50. The van der Waals surface area contributed by atoms with E-state index >= 15 is 0 Å². The summed E-state index contributed by atoms with van der Waals surface area (Å²) in [6, 6.07) is 4.47. The first-order valence-electron chi connectivity index (χ1n) is 4.02. The number of amides is 1. The predicted octanol–water partition coefficient (Wildman–Crippen LogP) is 1.05. The standard InChI is InChI=1S/C9H10ClFN2O/c10-7-2-1-6(3-8(7)11)4-13-5-9(12)14/h1-3,13H,4-5H2,(H2,12,14). The van der Waals surface area contributed by atoms with Crippen LogP contribution in [0.3, 0.4) is 0 Å². The Bertz CT molecular complexity index is 344. The Labute approximate surface area is 86.0 Å². The van der Waals surface area contributed by atoms with Gasteiger partial charge in [-0.25, -0.2) is 4.39 Å². The highest BCUT2D eigenvalue weighted by Crippen LogP contribution is 2.15. The summed E-state index contributed by atoms with van der Waals surface area (Å²) in [5, 5.41) is 2.85. The van der Waals surface area contributed by atoms with E-state index in [4.69, 9.17) is 17.3 Å². The van der Waals surface area contributed by atoms with Crippen molar-refractivity contribution in [3.05, 3.63) is 34.6 Å². The summed E-state index contributed by atoms with van der Waals surface area (Å²) in [7, 11) is 0. The molecule has 3 nitrogen and oxygen atoms in total. The van der Waals surface area contributed by atoms with Gasteiger partial charge in [-0.2, -0.15) is 0 Å². The molecule has 0 unspecified atom stereocenters. The number of carbonyl (C=O) groups excluding carboxylic acids is 1. The maximum absolute atomic E-state index is 12.9. The van der Waals surface area contributed by atoms with Crippen LogP contribution in [0.4, 0.5) is 4.39 Å². The molecule has 0 saturated carbocycles. The molecule has 0 spiro atoms. The first-order valence-corrected chi connectivity index (χ1v) is 4.40. The van der Waals surface area contributed by atoms with Gasteiger partial charge in [0.1, 0.15) is 5.82 Å². The molecule has 0 atom stereocenters. The molecule has 1 amide bonds. The molecule has 5 heteroatoms. The number of benzene rings is 1. The predicted molar refractivity (Wildman–Crippen MR) is 52.3 cm³/mol. The van der Waals surface area contributed by atoms with Crippen LogP contribution in [-0.4, -0.2) is 12.5 Å². The van der Waals surface area contributed by atoms with Crippen molar-refractivity contribution in [3.8, 4) is 0 Å². The molecule has 14 heavy (non-hydrogen) atoms. The lowest BCUT2D eigenvalue weighted by molar-refractivity contribution is -0.117. The molecule has 1 aromatic carbocycles. The zero-order valence-corrected chi connectivity index (χ0v) is 8.14. The lowest BCUT2D eigenvalue weighted by Crippen LogP contribution is -2.28. The minimum Gasteiger partial charge on any atom is -0.369 e. The Morgan fingerprint density at radius 1 is 1.57 bits per heavy atom. The zero-order valence-electron chi connectivity index (χ0n) is 7.39. The second-order valence-electron chi connectivity index (χ2n) is 2.82. The Hall–Kier alpha value is -1.13. The largest absolute Gasteiger partial charge is 0.369 e. The van der Waals surface area contributed by atoms with Crippen molar-refractivity contribution in [2.45, 2.75) is 6.54 Å². The third-order valence-corrected chi connectivity index (χ3v) is 1.92. The fourth-order valence-corrected chi connectivity index (χ4v) is 1.10. The molecule has 0 aliphatic carbocycles. The normalized spacial score (nSPS) is 10.1. The van der Waals surface area contributed by atoms with Gasteiger partial charge < -0.3 is 11.1 Å². The van der Waals surface area contributed by atoms with Gasteiger partial charge in [0.15, 0.2) is 0 Å². The van der Waals surface area contributed by atoms with Gasteiger partial charge in [0, 0.05) is 6.54 Å². The Kier molecular flexibility index (Phi) is 3.85. The van der Waals surface area contributed by atoms with Crippen LogP contribution in [0.15, 0.2) is 18.2 Å². The van der Waals surface area contributed by atoms with Crippen molar-refractivity contribution < 1.29 is 9.18 Å². The molecule has 0 saturated heterocycles. The number of nitrogens with one attached hydrogen (secondary N) is 1. The fraction of sp³-hybridized carbons (Fsp3) is 0.222. The van der Waals surface area contributed by atoms with Gasteiger partial charge in [-0.15, -0.1) is 0 Å². The molecule has 1 aromatic rings. The first kappa shape index (κ1) is 10.9. The molecule has 76 valence electrons. The number of halogens is 2. The van der Waals surface area contributed by atoms with Crippen molar-refractivity contribution in [1.82, 2.24) is 5.32 Å². The van der Waals surface area contributed by atoms with Gasteiger partial charge in [0.05, 0.1) is 11.6 Å². The molecule has 0 bridgehead atoms. The quantitative estimate of drug-likeness (QED) is 0.791. The van der Waals surface area contributed by atoms with Crippen LogP contribution in [0.1, 0.15) is 5.56 Å². The summed E-state index contributed by atoms with van der Waals surface area (Å²) in [4.78, 5) is 10.4. The van der Waals surface area contributed by atoms with Crippen LogP contribution in [0.5, 0.6) is 0 Å². The van der Waals surface area contributed by atoms with Crippen molar-refractivity contribution >= 4 is 17.5 Å². The maximum Gasteiger partial charge on any atom is 0.231 e. The highest BCUT2D eigenvalue weighted by atomic mass is 35.5. The van der Waals surface area contributed by atoms with Gasteiger partial charge in [0.25, 0.3) is 0 Å². The number of carbonyl (C=O) groups is 1. The number of primary amides is 1. The molecule has 1 rings (SSSR count). The molecule has 0 heterocycles. The van der Waals surface area contributed by atoms with Crippen LogP contribution < -0.4 is 11.1 Å². The third kappa shape index (κ3) is 3.32. The minimum atomic E-state index is -0.468. The second kappa shape index (κ2) is 4.93. The van der Waals surface area contributed by atoms with E-state index in [1.165, 1.54) is 12.1 Å². The van der Waals surface area contributed by atoms with Gasteiger partial charge in [0.2, 0.25) is 5.91 Å². The van der Waals surface area contributed by atoms with E-state index < -0.39 is 11.7 Å². The third-order valence-electron chi connectivity index (χ3n) is 1.61. The second-order valence-corrected chi connectivity index (χ2v) is 3.23. The SMILES string of the molecule is NC(=O)CNCc1ccc(Cl)c(F)c1. The lowest BCUT2D eigenvalue weighted by atomic mass is 10.2. The molecular formula is C9H10ClFN2O. The van der Waals surface area contributed by atoms with Crippen LogP contribution in [-0.2, 0) is 11.3 Å². The zero-order chi connectivity index (χ0) is 10.6. The van der Waals surface area contributed by atoms with Crippen molar-refractivity contribution in [1.29, 1.82) is 0 Å². The Balaban J connectivity index is 2.51. The fourth-order valence-electron chi connectivity index (χ4n) is 0.980. The van der Waals surface area contributed by atoms with Gasteiger partial charge in [-0.05, 0) is 17.7 Å². The molecule has 0 radical (unpaired) electrons. The number of rotatable bonds is 4. The van der Waals surface area contributed by atoms with E-state index in [0.29, 0.717) is 12.1 Å². The van der Waals surface area contributed by atoms with Gasteiger partial charge >= 0.3 is 0 Å². The van der Waals surface area contributed by atoms with E-state index in [1.54, 1.807) is 6.07 Å².